The number of para-hydroxylation sites is 1. The van der Waals surface area contributed by atoms with Crippen LogP contribution in [0, 0.1) is 5.92 Å². The molecule has 0 fully saturated rings. The summed E-state index contributed by atoms with van der Waals surface area (Å²) in [5.41, 5.74) is 0.961. The topological polar surface area (TPSA) is 71.3 Å². The molecule has 21 heavy (non-hydrogen) atoms. The molecule has 0 saturated carbocycles. The third-order valence-corrected chi connectivity index (χ3v) is 3.79. The molecule has 1 aromatic heterocycles. The average molecular weight is 288 g/mol. The van der Waals surface area contributed by atoms with Crippen molar-refractivity contribution in [2.45, 2.75) is 32.9 Å². The minimum absolute atomic E-state index is 0.104. The number of benzene rings is 1. The van der Waals surface area contributed by atoms with E-state index in [2.05, 4.69) is 5.32 Å². The van der Waals surface area contributed by atoms with Crippen LogP contribution in [0.25, 0.3) is 10.9 Å². The maximum Gasteiger partial charge on any atom is 0.326 e. The van der Waals surface area contributed by atoms with Gasteiger partial charge >= 0.3 is 5.97 Å². The lowest BCUT2D eigenvalue weighted by Crippen LogP contribution is -2.46. The molecular formula is C16H20N2O3. The number of aliphatic carboxylic acids is 1. The lowest BCUT2D eigenvalue weighted by Gasteiger charge is -2.20. The van der Waals surface area contributed by atoms with E-state index in [-0.39, 0.29) is 18.4 Å². The number of fused-ring (bicyclic) bond motifs is 1. The van der Waals surface area contributed by atoms with Gasteiger partial charge in [0.25, 0.3) is 0 Å². The molecule has 0 aliphatic heterocycles. The van der Waals surface area contributed by atoms with Crippen LogP contribution in [-0.2, 0) is 16.1 Å². The number of aromatic nitrogens is 1. The Morgan fingerprint density at radius 3 is 2.67 bits per heavy atom. The van der Waals surface area contributed by atoms with Crippen LogP contribution in [0.3, 0.4) is 0 Å². The van der Waals surface area contributed by atoms with Crippen LogP contribution in [-0.4, -0.2) is 27.6 Å². The molecule has 0 aliphatic rings. The predicted octanol–water partition coefficient (Wildman–Crippen LogP) is 2.26. The van der Waals surface area contributed by atoms with E-state index in [0.717, 1.165) is 10.9 Å². The minimum atomic E-state index is -0.991. The van der Waals surface area contributed by atoms with Crippen LogP contribution in [0.5, 0.6) is 0 Å². The number of amides is 1. The van der Waals surface area contributed by atoms with E-state index in [1.54, 1.807) is 0 Å². The van der Waals surface area contributed by atoms with Crippen LogP contribution in [0.4, 0.5) is 0 Å². The van der Waals surface area contributed by atoms with Crippen LogP contribution in [0.15, 0.2) is 36.5 Å². The van der Waals surface area contributed by atoms with Gasteiger partial charge in [0.05, 0.1) is 0 Å². The first-order valence-electron chi connectivity index (χ1n) is 7.09. The summed E-state index contributed by atoms with van der Waals surface area (Å²) in [7, 11) is 0. The molecular weight excluding hydrogens is 268 g/mol. The number of rotatable bonds is 6. The lowest BCUT2D eigenvalue weighted by molar-refractivity contribution is -0.143. The molecule has 1 heterocycles. The minimum Gasteiger partial charge on any atom is -0.480 e. The largest absolute Gasteiger partial charge is 0.480 e. The molecule has 1 amide bonds. The molecule has 5 heteroatoms. The van der Waals surface area contributed by atoms with Crippen molar-refractivity contribution in [3.05, 3.63) is 36.5 Å². The van der Waals surface area contributed by atoms with Crippen LogP contribution >= 0.6 is 0 Å². The average Bonchev–Trinajstić information content (AvgIpc) is 2.87. The van der Waals surface area contributed by atoms with Crippen LogP contribution in [0.2, 0.25) is 0 Å². The summed E-state index contributed by atoms with van der Waals surface area (Å²) in [6.45, 7) is 3.85. The number of carboxylic acids is 1. The monoisotopic (exact) mass is 288 g/mol. The number of carbonyl (C=O) groups excluding carboxylic acids is 1. The molecule has 112 valence electrons. The Bertz CT molecular complexity index is 648. The summed E-state index contributed by atoms with van der Waals surface area (Å²) >= 11 is 0. The lowest BCUT2D eigenvalue weighted by atomic mass is 9.99. The maximum atomic E-state index is 12.1. The number of hydrogen-bond acceptors (Lipinski definition) is 2. The normalized spacial score (nSPS) is 13.8. The predicted molar refractivity (Wildman–Crippen MR) is 81.0 cm³/mol. The van der Waals surface area contributed by atoms with Crippen molar-refractivity contribution in [1.82, 2.24) is 9.88 Å². The summed E-state index contributed by atoms with van der Waals surface area (Å²) in [5, 5.41) is 12.9. The zero-order chi connectivity index (χ0) is 15.4. The fraction of sp³-hybridized carbons (Fsp3) is 0.375. The van der Waals surface area contributed by atoms with E-state index in [1.165, 1.54) is 0 Å². The smallest absolute Gasteiger partial charge is 0.326 e. The van der Waals surface area contributed by atoms with Gasteiger partial charge in [-0.1, -0.05) is 38.5 Å². The van der Waals surface area contributed by atoms with Gasteiger partial charge in [-0.25, -0.2) is 4.79 Å². The van der Waals surface area contributed by atoms with Gasteiger partial charge in [0.15, 0.2) is 0 Å². The van der Waals surface area contributed by atoms with Crippen molar-refractivity contribution < 1.29 is 14.7 Å². The Labute approximate surface area is 123 Å². The van der Waals surface area contributed by atoms with Crippen molar-refractivity contribution in [3.8, 4) is 0 Å². The summed E-state index contributed by atoms with van der Waals surface area (Å²) in [6.07, 6.45) is 2.53. The first-order chi connectivity index (χ1) is 10.0. The van der Waals surface area contributed by atoms with Gasteiger partial charge in [-0.3, -0.25) is 4.79 Å². The van der Waals surface area contributed by atoms with Crippen molar-refractivity contribution in [2.24, 2.45) is 5.92 Å². The molecule has 5 nitrogen and oxygen atoms in total. The number of nitrogens with one attached hydrogen (secondary N) is 1. The highest BCUT2D eigenvalue weighted by Crippen LogP contribution is 2.15. The quantitative estimate of drug-likeness (QED) is 0.856. The maximum absolute atomic E-state index is 12.1. The standard InChI is InChI=1S/C16H20N2O3/c1-3-11(2)15(16(20)21)17-14(19)10-18-9-8-12-6-4-5-7-13(12)18/h4-9,11,15H,3,10H2,1-2H3,(H,17,19)(H,20,21)/t11-,15+/m1/s1. The zero-order valence-corrected chi connectivity index (χ0v) is 12.2. The molecule has 0 saturated heterocycles. The number of hydrogen-bond donors (Lipinski definition) is 2. The van der Waals surface area contributed by atoms with Gasteiger partial charge in [-0.2, -0.15) is 0 Å². The third-order valence-electron chi connectivity index (χ3n) is 3.79. The Kier molecular flexibility index (Phi) is 4.62. The van der Waals surface area contributed by atoms with E-state index < -0.39 is 12.0 Å². The van der Waals surface area contributed by atoms with Crippen molar-refractivity contribution in [3.63, 3.8) is 0 Å². The molecule has 1 aromatic carbocycles. The number of carboxylic acid groups (broad SMARTS) is 1. The highest BCUT2D eigenvalue weighted by atomic mass is 16.4. The van der Waals surface area contributed by atoms with Gasteiger partial charge in [0.1, 0.15) is 12.6 Å². The molecule has 2 aromatic rings. The van der Waals surface area contributed by atoms with Crippen LogP contribution in [0.1, 0.15) is 20.3 Å². The Hall–Kier alpha value is -2.30. The van der Waals surface area contributed by atoms with Gasteiger partial charge in [0, 0.05) is 11.7 Å². The molecule has 0 spiro atoms. The fourth-order valence-corrected chi connectivity index (χ4v) is 2.34. The second-order valence-electron chi connectivity index (χ2n) is 5.27. The van der Waals surface area contributed by atoms with Gasteiger partial charge < -0.3 is 15.0 Å². The highest BCUT2D eigenvalue weighted by Gasteiger charge is 2.25. The molecule has 0 radical (unpaired) electrons. The zero-order valence-electron chi connectivity index (χ0n) is 12.2. The second kappa shape index (κ2) is 6.43. The highest BCUT2D eigenvalue weighted by molar-refractivity contribution is 5.86. The Morgan fingerprint density at radius 2 is 2.00 bits per heavy atom. The van der Waals surface area contributed by atoms with Gasteiger partial charge in [-0.15, -0.1) is 0 Å². The summed E-state index contributed by atoms with van der Waals surface area (Å²) in [4.78, 5) is 23.3. The van der Waals surface area contributed by atoms with Gasteiger partial charge in [-0.05, 0) is 23.4 Å². The molecule has 2 atom stereocenters. The van der Waals surface area contributed by atoms with E-state index >= 15 is 0 Å². The number of nitrogens with zero attached hydrogens (tertiary/aromatic N) is 1. The van der Waals surface area contributed by atoms with E-state index in [9.17, 15) is 14.7 Å². The molecule has 0 aliphatic carbocycles. The number of carbonyl (C=O) groups is 2. The fourth-order valence-electron chi connectivity index (χ4n) is 2.34. The Balaban J connectivity index is 2.09. The van der Waals surface area contributed by atoms with Crippen molar-refractivity contribution in [2.75, 3.05) is 0 Å². The molecule has 2 N–H and O–H groups in total. The van der Waals surface area contributed by atoms with Crippen molar-refractivity contribution >= 4 is 22.8 Å². The first-order valence-corrected chi connectivity index (χ1v) is 7.09. The van der Waals surface area contributed by atoms with E-state index in [4.69, 9.17) is 0 Å². The summed E-state index contributed by atoms with van der Waals surface area (Å²) < 4.78 is 1.82. The van der Waals surface area contributed by atoms with Crippen LogP contribution < -0.4 is 5.32 Å². The summed E-state index contributed by atoms with van der Waals surface area (Å²) in [6, 6.07) is 8.86. The van der Waals surface area contributed by atoms with Gasteiger partial charge in [0.2, 0.25) is 5.91 Å². The molecule has 0 unspecified atom stereocenters. The SMILES string of the molecule is CC[C@@H](C)[C@H](NC(=O)Cn1ccc2ccccc21)C(=O)O. The Morgan fingerprint density at radius 1 is 1.29 bits per heavy atom. The molecule has 2 rings (SSSR count). The first kappa shape index (κ1) is 15.1. The van der Waals surface area contributed by atoms with E-state index in [1.807, 2.05) is 54.9 Å². The third kappa shape index (κ3) is 3.42. The molecule has 0 bridgehead atoms. The second-order valence-corrected chi connectivity index (χ2v) is 5.27. The van der Waals surface area contributed by atoms with Crippen molar-refractivity contribution in [1.29, 1.82) is 0 Å². The van der Waals surface area contributed by atoms with E-state index in [0.29, 0.717) is 6.42 Å². The summed E-state index contributed by atoms with van der Waals surface area (Å²) in [5.74, 6) is -1.38.